The first-order valence-corrected chi connectivity index (χ1v) is 4.72. The van der Waals surface area contributed by atoms with Crippen LogP contribution in [0.1, 0.15) is 0 Å². The highest BCUT2D eigenvalue weighted by Crippen LogP contribution is 2.53. The number of hydrogen-bond acceptors (Lipinski definition) is 3. The van der Waals surface area contributed by atoms with Crippen LogP contribution >= 0.6 is 0 Å². The molecule has 1 unspecified atom stereocenters. The van der Waals surface area contributed by atoms with Gasteiger partial charge >= 0.3 is 30.1 Å². The lowest BCUT2D eigenvalue weighted by Crippen LogP contribution is -2.68. The van der Waals surface area contributed by atoms with Crippen LogP contribution in [0.2, 0.25) is 0 Å². The van der Waals surface area contributed by atoms with Crippen molar-refractivity contribution >= 4 is 0 Å². The minimum absolute atomic E-state index is 0.232. The molecule has 0 aliphatic carbocycles. The molecule has 0 amide bonds. The average molecular weight is 353 g/mol. The van der Waals surface area contributed by atoms with E-state index >= 15 is 0 Å². The predicted molar refractivity (Wildman–Crippen MR) is 46.8 cm³/mol. The lowest BCUT2D eigenvalue weighted by atomic mass is 10.1. The molecule has 0 aromatic heterocycles. The molecule has 15 heteroatoms. The fourth-order valence-electron chi connectivity index (χ4n) is 1.15. The van der Waals surface area contributed by atoms with Crippen molar-refractivity contribution in [1.82, 2.24) is 0 Å². The Kier molecular flexibility index (Phi) is 5.57. The molecule has 1 atom stereocenters. The first-order chi connectivity index (χ1) is 9.58. The molecule has 0 heterocycles. The third-order valence-corrected chi connectivity index (χ3v) is 2.06. The van der Waals surface area contributed by atoms with Crippen molar-refractivity contribution < 1.29 is 53.4 Å². The van der Waals surface area contributed by atoms with Crippen molar-refractivity contribution in [3.8, 4) is 0 Å². The second-order valence-electron chi connectivity index (χ2n) is 3.53. The number of nitrogens with zero attached hydrogens (tertiary/aromatic N) is 3. The largest absolute Gasteiger partial charge is 0.450 e. The monoisotopic (exact) mass is 353 g/mol. The average Bonchev–Trinajstić information content (AvgIpc) is 2.26. The first-order valence-electron chi connectivity index (χ1n) is 4.72. The Hall–Kier alpha value is -1.47. The maximum Gasteiger partial charge on any atom is 0.450 e. The maximum absolute atomic E-state index is 13.4. The third kappa shape index (κ3) is 3.64. The van der Waals surface area contributed by atoms with E-state index in [4.69, 9.17) is 5.53 Å². The van der Waals surface area contributed by atoms with Gasteiger partial charge in [-0.05, 0) is 10.6 Å². The molecule has 0 radical (unpaired) electrons. The molecule has 0 bridgehead atoms. The zero-order valence-corrected chi connectivity index (χ0v) is 10.1. The molecule has 0 saturated heterocycles. The van der Waals surface area contributed by atoms with E-state index < -0.39 is 36.7 Å². The standard InChI is InChI=1S/C7H5F10N3O2/c1-21-5(6(13,14)15,22-2-3(8,9)10)4(11,12)7(16,17)19-20-18/h2H2,1H3. The Morgan fingerprint density at radius 3 is 1.68 bits per heavy atom. The molecule has 22 heavy (non-hydrogen) atoms. The van der Waals surface area contributed by atoms with Crippen LogP contribution in [0.15, 0.2) is 5.11 Å². The van der Waals surface area contributed by atoms with Crippen molar-refractivity contribution in [2.45, 2.75) is 30.1 Å². The summed E-state index contributed by atoms with van der Waals surface area (Å²) in [6.45, 7) is -2.98. The second kappa shape index (κ2) is 5.96. The van der Waals surface area contributed by atoms with Gasteiger partial charge in [0.25, 0.3) is 0 Å². The van der Waals surface area contributed by atoms with Gasteiger partial charge in [0.1, 0.15) is 6.61 Å². The minimum Gasteiger partial charge on any atom is -0.341 e. The molecule has 0 rings (SSSR count). The van der Waals surface area contributed by atoms with Crippen LogP contribution in [-0.2, 0) is 9.47 Å². The molecule has 0 aliphatic heterocycles. The fraction of sp³-hybridized carbons (Fsp3) is 1.00. The van der Waals surface area contributed by atoms with Gasteiger partial charge in [0.2, 0.25) is 0 Å². The molecule has 0 N–H and O–H groups in total. The lowest BCUT2D eigenvalue weighted by molar-refractivity contribution is -0.471. The summed E-state index contributed by atoms with van der Waals surface area (Å²) in [7, 11) is -0.232. The van der Waals surface area contributed by atoms with Crippen LogP contribution in [0, 0.1) is 0 Å². The van der Waals surface area contributed by atoms with Gasteiger partial charge in [0, 0.05) is 12.0 Å². The van der Waals surface area contributed by atoms with E-state index in [0.29, 0.717) is 0 Å². The van der Waals surface area contributed by atoms with Crippen LogP contribution in [0.5, 0.6) is 0 Å². The summed E-state index contributed by atoms with van der Waals surface area (Å²) >= 11 is 0. The summed E-state index contributed by atoms with van der Waals surface area (Å²) in [5.41, 5.74) is 7.67. The molecular formula is C7H5F10N3O2. The molecule has 0 aromatic rings. The van der Waals surface area contributed by atoms with E-state index in [0.717, 1.165) is 5.11 Å². The summed E-state index contributed by atoms with van der Waals surface area (Å²) in [4.78, 5) is 1.21. The SMILES string of the molecule is COC(OCC(F)(F)F)(C(F)(F)F)C(F)(F)C(F)(F)N=[N+]=[N-]. The molecule has 0 spiro atoms. The number of rotatable bonds is 6. The maximum atomic E-state index is 13.4. The Labute approximate surface area is 114 Å². The van der Waals surface area contributed by atoms with Crippen molar-refractivity contribution in [3.05, 3.63) is 10.4 Å². The third-order valence-electron chi connectivity index (χ3n) is 2.06. The summed E-state index contributed by atoms with van der Waals surface area (Å²) in [6, 6.07) is -6.10. The summed E-state index contributed by atoms with van der Waals surface area (Å²) < 4.78 is 132. The van der Waals surface area contributed by atoms with Gasteiger partial charge in [-0.2, -0.15) is 43.9 Å². The van der Waals surface area contributed by atoms with E-state index in [1.807, 2.05) is 0 Å². The molecule has 0 fully saturated rings. The molecule has 0 saturated carbocycles. The van der Waals surface area contributed by atoms with Crippen LogP contribution in [-0.4, -0.2) is 43.8 Å². The zero-order valence-electron chi connectivity index (χ0n) is 10.1. The van der Waals surface area contributed by atoms with Crippen molar-refractivity contribution in [3.63, 3.8) is 0 Å². The summed E-state index contributed by atoms with van der Waals surface area (Å²) in [6.07, 6.45) is -12.1. The topological polar surface area (TPSA) is 67.2 Å². The van der Waals surface area contributed by atoms with Gasteiger partial charge in [0.05, 0.1) is 0 Å². The van der Waals surface area contributed by atoms with Crippen LogP contribution < -0.4 is 0 Å². The van der Waals surface area contributed by atoms with Crippen molar-refractivity contribution in [2.75, 3.05) is 13.7 Å². The lowest BCUT2D eigenvalue weighted by Gasteiger charge is -2.41. The van der Waals surface area contributed by atoms with Crippen LogP contribution in [0.3, 0.4) is 0 Å². The molecule has 130 valence electrons. The van der Waals surface area contributed by atoms with Crippen molar-refractivity contribution in [1.29, 1.82) is 0 Å². The van der Waals surface area contributed by atoms with Gasteiger partial charge in [-0.1, -0.05) is 0 Å². The number of azide groups is 1. The summed E-state index contributed by atoms with van der Waals surface area (Å²) in [5.74, 6) is -12.2. The Balaban J connectivity index is 6.12. The summed E-state index contributed by atoms with van der Waals surface area (Å²) in [5, 5.41) is 1.16. The zero-order chi connectivity index (χ0) is 18.0. The number of methoxy groups -OCH3 is 1. The molecular weight excluding hydrogens is 348 g/mol. The highest BCUT2D eigenvalue weighted by Gasteiger charge is 2.81. The number of alkyl halides is 10. The molecule has 0 aromatic carbocycles. The fourth-order valence-corrected chi connectivity index (χ4v) is 1.15. The van der Waals surface area contributed by atoms with Gasteiger partial charge in [-0.15, -0.1) is 0 Å². The Morgan fingerprint density at radius 2 is 1.41 bits per heavy atom. The van der Waals surface area contributed by atoms with Gasteiger partial charge in [0.15, 0.2) is 0 Å². The van der Waals surface area contributed by atoms with Crippen LogP contribution in [0.25, 0.3) is 10.4 Å². The smallest absolute Gasteiger partial charge is 0.341 e. The van der Waals surface area contributed by atoms with E-state index in [2.05, 4.69) is 9.47 Å². The van der Waals surface area contributed by atoms with Crippen LogP contribution in [0.4, 0.5) is 43.9 Å². The minimum atomic E-state index is -6.54. The highest BCUT2D eigenvalue weighted by molar-refractivity contribution is 5.01. The van der Waals surface area contributed by atoms with Gasteiger partial charge in [-0.25, -0.2) is 0 Å². The van der Waals surface area contributed by atoms with Gasteiger partial charge in [-0.3, -0.25) is 0 Å². The number of hydrogen-bond donors (Lipinski definition) is 0. The second-order valence-corrected chi connectivity index (χ2v) is 3.53. The van der Waals surface area contributed by atoms with E-state index in [9.17, 15) is 43.9 Å². The van der Waals surface area contributed by atoms with Gasteiger partial charge < -0.3 is 9.47 Å². The Bertz CT molecular complexity index is 441. The highest BCUT2D eigenvalue weighted by atomic mass is 19.4. The number of ether oxygens (including phenoxy) is 2. The molecule has 5 nitrogen and oxygen atoms in total. The number of halogens is 10. The first kappa shape index (κ1) is 20.5. The Morgan fingerprint density at radius 1 is 0.955 bits per heavy atom. The predicted octanol–water partition coefficient (Wildman–Crippen LogP) is 4.01. The normalized spacial score (nSPS) is 16.9. The van der Waals surface area contributed by atoms with E-state index in [1.54, 1.807) is 0 Å². The van der Waals surface area contributed by atoms with Crippen molar-refractivity contribution in [2.24, 2.45) is 5.11 Å². The van der Waals surface area contributed by atoms with E-state index in [-0.39, 0.29) is 7.11 Å². The quantitative estimate of drug-likeness (QED) is 0.181. The molecule has 0 aliphatic rings. The van der Waals surface area contributed by atoms with E-state index in [1.165, 1.54) is 4.91 Å².